The van der Waals surface area contributed by atoms with E-state index in [1.165, 1.54) is 0 Å². The predicted molar refractivity (Wildman–Crippen MR) is 74.7 cm³/mol. The summed E-state index contributed by atoms with van der Waals surface area (Å²) in [6, 6.07) is 7.88. The maximum absolute atomic E-state index is 5.59. The standard InChI is InChI=1S/C14H19N3O/c1-3-5-10-8-14(17-15)12-9-11(18-4-2)6-7-13(12)16-10/h6-9H,3-5,15H2,1-2H3,(H,16,17). The van der Waals surface area contributed by atoms with Gasteiger partial charge in [-0.05, 0) is 37.6 Å². The first kappa shape index (κ1) is 12.6. The Balaban J connectivity index is 2.52. The summed E-state index contributed by atoms with van der Waals surface area (Å²) in [5.74, 6) is 6.43. The summed E-state index contributed by atoms with van der Waals surface area (Å²) in [6.07, 6.45) is 2.03. The highest BCUT2D eigenvalue weighted by molar-refractivity contribution is 5.92. The van der Waals surface area contributed by atoms with Crippen LogP contribution in [-0.4, -0.2) is 11.6 Å². The molecule has 1 heterocycles. The molecule has 0 fully saturated rings. The number of ether oxygens (including phenoxy) is 1. The number of hydrogen-bond donors (Lipinski definition) is 2. The van der Waals surface area contributed by atoms with Gasteiger partial charge in [-0.25, -0.2) is 0 Å². The van der Waals surface area contributed by atoms with Crippen molar-refractivity contribution in [2.45, 2.75) is 26.7 Å². The predicted octanol–water partition coefficient (Wildman–Crippen LogP) is 2.87. The van der Waals surface area contributed by atoms with E-state index in [-0.39, 0.29) is 0 Å². The van der Waals surface area contributed by atoms with Crippen molar-refractivity contribution in [3.8, 4) is 5.75 Å². The number of hydrazine groups is 1. The molecule has 0 saturated carbocycles. The van der Waals surface area contributed by atoms with Crippen LogP contribution in [0.25, 0.3) is 10.9 Å². The molecule has 0 unspecified atom stereocenters. The number of nitrogens with two attached hydrogens (primary N) is 1. The first-order chi connectivity index (χ1) is 8.78. The van der Waals surface area contributed by atoms with Gasteiger partial charge in [-0.1, -0.05) is 13.3 Å². The van der Waals surface area contributed by atoms with Gasteiger partial charge >= 0.3 is 0 Å². The molecule has 4 heteroatoms. The average molecular weight is 245 g/mol. The molecule has 4 nitrogen and oxygen atoms in total. The van der Waals surface area contributed by atoms with Crippen LogP contribution in [0.4, 0.5) is 5.69 Å². The molecule has 0 radical (unpaired) electrons. The van der Waals surface area contributed by atoms with E-state index in [9.17, 15) is 0 Å². The van der Waals surface area contributed by atoms with E-state index >= 15 is 0 Å². The quantitative estimate of drug-likeness (QED) is 0.628. The summed E-state index contributed by atoms with van der Waals surface area (Å²) in [4.78, 5) is 4.62. The molecule has 2 aromatic rings. The number of pyridine rings is 1. The molecule has 3 N–H and O–H groups in total. The van der Waals surface area contributed by atoms with Gasteiger partial charge in [-0.2, -0.15) is 0 Å². The zero-order chi connectivity index (χ0) is 13.0. The molecule has 1 aromatic heterocycles. The van der Waals surface area contributed by atoms with Crippen molar-refractivity contribution >= 4 is 16.6 Å². The minimum absolute atomic E-state index is 0.651. The molecular weight excluding hydrogens is 226 g/mol. The van der Waals surface area contributed by atoms with Gasteiger partial charge in [0, 0.05) is 11.1 Å². The lowest BCUT2D eigenvalue weighted by Crippen LogP contribution is -2.08. The number of fused-ring (bicyclic) bond motifs is 1. The number of aryl methyl sites for hydroxylation is 1. The van der Waals surface area contributed by atoms with Gasteiger partial charge < -0.3 is 10.2 Å². The molecule has 0 aliphatic heterocycles. The van der Waals surface area contributed by atoms with E-state index in [2.05, 4.69) is 17.3 Å². The fraction of sp³-hybridized carbons (Fsp3) is 0.357. The topological polar surface area (TPSA) is 60.2 Å². The molecule has 0 aliphatic rings. The van der Waals surface area contributed by atoms with E-state index < -0.39 is 0 Å². The third-order valence-electron chi connectivity index (χ3n) is 2.81. The third kappa shape index (κ3) is 2.54. The van der Waals surface area contributed by atoms with Gasteiger partial charge in [0.05, 0.1) is 17.8 Å². The minimum Gasteiger partial charge on any atom is -0.494 e. The number of anilines is 1. The van der Waals surface area contributed by atoms with Crippen LogP contribution in [0.1, 0.15) is 26.0 Å². The summed E-state index contributed by atoms with van der Waals surface area (Å²) < 4.78 is 5.49. The monoisotopic (exact) mass is 245 g/mol. The van der Waals surface area contributed by atoms with Crippen LogP contribution in [0.15, 0.2) is 24.3 Å². The van der Waals surface area contributed by atoms with Crippen LogP contribution in [0, 0.1) is 0 Å². The Morgan fingerprint density at radius 2 is 2.11 bits per heavy atom. The van der Waals surface area contributed by atoms with Gasteiger partial charge in [-0.3, -0.25) is 10.8 Å². The second kappa shape index (κ2) is 5.69. The molecule has 0 amide bonds. The van der Waals surface area contributed by atoms with Crippen LogP contribution in [0.3, 0.4) is 0 Å². The third-order valence-corrected chi connectivity index (χ3v) is 2.81. The van der Waals surface area contributed by atoms with Crippen LogP contribution in [0.5, 0.6) is 5.75 Å². The Morgan fingerprint density at radius 3 is 2.78 bits per heavy atom. The molecular formula is C14H19N3O. The second-order valence-corrected chi connectivity index (χ2v) is 4.17. The summed E-state index contributed by atoms with van der Waals surface area (Å²) in [5.41, 5.74) is 5.64. The first-order valence-corrected chi connectivity index (χ1v) is 6.31. The molecule has 18 heavy (non-hydrogen) atoms. The summed E-state index contributed by atoms with van der Waals surface area (Å²) in [6.45, 7) is 4.76. The van der Waals surface area contributed by atoms with Crippen LogP contribution in [-0.2, 0) is 6.42 Å². The minimum atomic E-state index is 0.651. The molecule has 0 spiro atoms. The van der Waals surface area contributed by atoms with Gasteiger partial charge in [0.15, 0.2) is 0 Å². The van der Waals surface area contributed by atoms with Crippen LogP contribution in [0.2, 0.25) is 0 Å². The summed E-state index contributed by atoms with van der Waals surface area (Å²) in [7, 11) is 0. The normalized spacial score (nSPS) is 10.6. The Morgan fingerprint density at radius 1 is 1.28 bits per heavy atom. The van der Waals surface area contributed by atoms with E-state index in [0.717, 1.165) is 40.9 Å². The Hall–Kier alpha value is -1.81. The lowest BCUT2D eigenvalue weighted by atomic mass is 10.1. The Labute approximate surface area is 107 Å². The van der Waals surface area contributed by atoms with Gasteiger partial charge in [0.1, 0.15) is 5.75 Å². The molecule has 0 aliphatic carbocycles. The summed E-state index contributed by atoms with van der Waals surface area (Å²) >= 11 is 0. The SMILES string of the molecule is CCCc1cc(NN)c2cc(OCC)ccc2n1. The lowest BCUT2D eigenvalue weighted by Gasteiger charge is -2.10. The highest BCUT2D eigenvalue weighted by Crippen LogP contribution is 2.27. The second-order valence-electron chi connectivity index (χ2n) is 4.17. The maximum atomic E-state index is 5.59. The van der Waals surface area contributed by atoms with Crippen molar-refractivity contribution in [3.63, 3.8) is 0 Å². The smallest absolute Gasteiger partial charge is 0.120 e. The van der Waals surface area contributed by atoms with Crippen molar-refractivity contribution in [3.05, 3.63) is 30.0 Å². The molecule has 0 atom stereocenters. The molecule has 1 aromatic carbocycles. The van der Waals surface area contributed by atoms with E-state index in [1.54, 1.807) is 0 Å². The maximum Gasteiger partial charge on any atom is 0.120 e. The van der Waals surface area contributed by atoms with Crippen molar-refractivity contribution in [1.82, 2.24) is 4.98 Å². The zero-order valence-corrected chi connectivity index (χ0v) is 10.9. The van der Waals surface area contributed by atoms with E-state index in [4.69, 9.17) is 10.6 Å². The van der Waals surface area contributed by atoms with Crippen molar-refractivity contribution in [2.24, 2.45) is 5.84 Å². The average Bonchev–Trinajstić information content (AvgIpc) is 2.39. The fourth-order valence-electron chi connectivity index (χ4n) is 2.02. The Bertz CT molecular complexity index is 540. The Kier molecular flexibility index (Phi) is 3.99. The number of nitrogen functional groups attached to an aromatic ring is 1. The van der Waals surface area contributed by atoms with Crippen LogP contribution < -0.4 is 16.0 Å². The lowest BCUT2D eigenvalue weighted by molar-refractivity contribution is 0.340. The fourth-order valence-corrected chi connectivity index (χ4v) is 2.02. The molecule has 96 valence electrons. The van der Waals surface area contributed by atoms with Crippen molar-refractivity contribution in [2.75, 3.05) is 12.0 Å². The summed E-state index contributed by atoms with van der Waals surface area (Å²) in [5, 5.41) is 0.989. The van der Waals surface area contributed by atoms with Crippen molar-refractivity contribution < 1.29 is 4.74 Å². The van der Waals surface area contributed by atoms with Crippen molar-refractivity contribution in [1.29, 1.82) is 0 Å². The van der Waals surface area contributed by atoms with Gasteiger partial charge in [-0.15, -0.1) is 0 Å². The molecule has 0 saturated heterocycles. The number of nitrogens with one attached hydrogen (secondary N) is 1. The van der Waals surface area contributed by atoms with Gasteiger partial charge in [0.25, 0.3) is 0 Å². The number of nitrogens with zero attached hydrogens (tertiary/aromatic N) is 1. The number of benzene rings is 1. The number of aromatic nitrogens is 1. The van der Waals surface area contributed by atoms with E-state index in [0.29, 0.717) is 6.61 Å². The largest absolute Gasteiger partial charge is 0.494 e. The van der Waals surface area contributed by atoms with Gasteiger partial charge in [0.2, 0.25) is 0 Å². The van der Waals surface area contributed by atoms with Crippen LogP contribution >= 0.6 is 0 Å². The number of rotatable bonds is 5. The number of hydrogen-bond acceptors (Lipinski definition) is 4. The first-order valence-electron chi connectivity index (χ1n) is 6.31. The van der Waals surface area contributed by atoms with E-state index in [1.807, 2.05) is 31.2 Å². The zero-order valence-electron chi connectivity index (χ0n) is 10.9. The molecule has 0 bridgehead atoms. The molecule has 2 rings (SSSR count). The highest BCUT2D eigenvalue weighted by atomic mass is 16.5. The highest BCUT2D eigenvalue weighted by Gasteiger charge is 2.06.